The molecule has 6 nitrogen and oxygen atoms in total. The van der Waals surface area contributed by atoms with Crippen molar-refractivity contribution in [3.63, 3.8) is 0 Å². The Morgan fingerprint density at radius 1 is 1.09 bits per heavy atom. The second-order valence-electron chi connectivity index (χ2n) is 8.70. The molecule has 3 aromatic carbocycles. The summed E-state index contributed by atoms with van der Waals surface area (Å²) in [7, 11) is 0. The lowest BCUT2D eigenvalue weighted by Crippen LogP contribution is -2.27. The molecule has 1 saturated heterocycles. The molecule has 0 radical (unpaired) electrons. The number of hydrogen-bond donors (Lipinski definition) is 1. The number of ether oxygens (including phenoxy) is 1. The number of carbonyl (C=O) groups is 1. The molecule has 0 bridgehead atoms. The van der Waals surface area contributed by atoms with Crippen molar-refractivity contribution in [3.05, 3.63) is 90.0 Å². The topological polar surface area (TPSA) is 67.6 Å². The van der Waals surface area contributed by atoms with Crippen LogP contribution >= 0.6 is 0 Å². The number of para-hydroxylation sites is 3. The number of aromatic nitrogens is 2. The van der Waals surface area contributed by atoms with Crippen LogP contribution in [0, 0.1) is 12.7 Å². The minimum absolute atomic E-state index is 0.125. The summed E-state index contributed by atoms with van der Waals surface area (Å²) in [5, 5.41) is 10.8. The summed E-state index contributed by atoms with van der Waals surface area (Å²) in [6, 6.07) is 21.7. The molecule has 1 aliphatic rings. The fourth-order valence-electron chi connectivity index (χ4n) is 4.47. The van der Waals surface area contributed by atoms with Crippen molar-refractivity contribution in [1.29, 1.82) is 0 Å². The number of aliphatic hydroxyl groups is 1. The van der Waals surface area contributed by atoms with Crippen molar-refractivity contribution < 1.29 is 19.0 Å². The van der Waals surface area contributed by atoms with Crippen LogP contribution in [0.2, 0.25) is 0 Å². The Kier molecular flexibility index (Phi) is 6.02. The van der Waals surface area contributed by atoms with Crippen molar-refractivity contribution >= 4 is 22.6 Å². The maximum Gasteiger partial charge on any atom is 0.227 e. The van der Waals surface area contributed by atoms with E-state index < -0.39 is 11.9 Å². The van der Waals surface area contributed by atoms with E-state index in [9.17, 15) is 14.3 Å². The van der Waals surface area contributed by atoms with Crippen molar-refractivity contribution in [2.45, 2.75) is 31.9 Å². The molecule has 5 rings (SSSR count). The molecule has 0 unspecified atom stereocenters. The fraction of sp³-hybridized carbons (Fsp3) is 0.259. The van der Waals surface area contributed by atoms with Gasteiger partial charge in [-0.15, -0.1) is 0 Å². The molecular weight excluding hydrogens is 433 g/mol. The molecule has 7 heteroatoms. The number of carbonyl (C=O) groups excluding carboxylic acids is 1. The van der Waals surface area contributed by atoms with E-state index in [0.717, 1.165) is 16.6 Å². The minimum atomic E-state index is -0.780. The van der Waals surface area contributed by atoms with Crippen LogP contribution in [0.5, 0.6) is 5.75 Å². The van der Waals surface area contributed by atoms with Crippen molar-refractivity contribution in [2.75, 3.05) is 18.1 Å². The highest BCUT2D eigenvalue weighted by molar-refractivity contribution is 5.96. The number of hydrogen-bond acceptors (Lipinski definition) is 4. The highest BCUT2D eigenvalue weighted by atomic mass is 19.1. The van der Waals surface area contributed by atoms with Crippen LogP contribution in [-0.2, 0) is 11.3 Å². The summed E-state index contributed by atoms with van der Waals surface area (Å²) in [6.45, 7) is 2.73. The molecular formula is C27H26FN3O3. The van der Waals surface area contributed by atoms with E-state index in [4.69, 9.17) is 9.72 Å². The first-order valence-electron chi connectivity index (χ1n) is 11.4. The second kappa shape index (κ2) is 9.27. The number of nitrogens with zero attached hydrogens (tertiary/aromatic N) is 3. The number of rotatable bonds is 7. The van der Waals surface area contributed by atoms with Gasteiger partial charge in [-0.1, -0.05) is 42.0 Å². The molecule has 1 amide bonds. The minimum Gasteiger partial charge on any atom is -0.491 e. The molecule has 1 fully saturated rings. The van der Waals surface area contributed by atoms with Gasteiger partial charge in [-0.3, -0.25) is 4.79 Å². The first kappa shape index (κ1) is 22.1. The highest BCUT2D eigenvalue weighted by Gasteiger charge is 2.36. The molecule has 1 aromatic heterocycles. The number of aryl methyl sites for hydroxylation is 1. The van der Waals surface area contributed by atoms with Gasteiger partial charge < -0.3 is 19.3 Å². The molecule has 0 spiro atoms. The molecule has 1 aliphatic heterocycles. The third-order valence-electron chi connectivity index (χ3n) is 6.17. The normalized spacial score (nSPS) is 16.9. The lowest BCUT2D eigenvalue weighted by atomic mass is 10.1. The number of benzene rings is 3. The Balaban J connectivity index is 1.38. The first-order chi connectivity index (χ1) is 16.5. The monoisotopic (exact) mass is 459 g/mol. The standard InChI is InChI=1S/C27H26FN3O3/c1-18-10-12-21(13-11-18)34-17-20(32)16-31-25-9-5-3-7-23(25)29-27(31)19-14-26(33)30(15-19)24-8-4-2-6-22(24)28/h2-13,19-20,32H,14-17H2,1H3/t19-,20+/m1/s1. The number of halogens is 1. The predicted octanol–water partition coefficient (Wildman–Crippen LogP) is 4.44. The zero-order valence-corrected chi connectivity index (χ0v) is 18.9. The maximum atomic E-state index is 14.3. The van der Waals surface area contributed by atoms with Crippen LogP contribution in [0.4, 0.5) is 10.1 Å². The molecule has 1 N–H and O–H groups in total. The summed E-state index contributed by atoms with van der Waals surface area (Å²) in [5.41, 5.74) is 3.09. The quantitative estimate of drug-likeness (QED) is 0.444. The number of aliphatic hydroxyl groups excluding tert-OH is 1. The zero-order chi connectivity index (χ0) is 23.7. The van der Waals surface area contributed by atoms with Gasteiger partial charge in [0, 0.05) is 18.9 Å². The molecule has 34 heavy (non-hydrogen) atoms. The van der Waals surface area contributed by atoms with Crippen LogP contribution in [0.3, 0.4) is 0 Å². The van der Waals surface area contributed by atoms with E-state index in [0.29, 0.717) is 18.1 Å². The van der Waals surface area contributed by atoms with Gasteiger partial charge in [-0.05, 0) is 43.3 Å². The van der Waals surface area contributed by atoms with E-state index in [2.05, 4.69) is 0 Å². The van der Waals surface area contributed by atoms with Gasteiger partial charge in [0.25, 0.3) is 0 Å². The van der Waals surface area contributed by atoms with Crippen molar-refractivity contribution in [2.24, 2.45) is 0 Å². The zero-order valence-electron chi connectivity index (χ0n) is 18.9. The van der Waals surface area contributed by atoms with Crippen LogP contribution in [0.25, 0.3) is 11.0 Å². The summed E-state index contributed by atoms with van der Waals surface area (Å²) in [4.78, 5) is 19.1. The summed E-state index contributed by atoms with van der Waals surface area (Å²) in [5.74, 6) is 0.625. The molecule has 0 aliphatic carbocycles. The maximum absolute atomic E-state index is 14.3. The smallest absolute Gasteiger partial charge is 0.227 e. The Bertz CT molecular complexity index is 1320. The Labute approximate surface area is 197 Å². The van der Waals surface area contributed by atoms with Crippen molar-refractivity contribution in [3.8, 4) is 5.75 Å². The SMILES string of the molecule is Cc1ccc(OC[C@@H](O)Cn2c([C@@H]3CC(=O)N(c4ccccc4F)C3)nc3ccccc32)cc1. The Morgan fingerprint density at radius 3 is 2.62 bits per heavy atom. The molecule has 4 aromatic rings. The molecule has 174 valence electrons. The van der Waals surface area contributed by atoms with E-state index in [-0.39, 0.29) is 37.1 Å². The molecule has 2 heterocycles. The third-order valence-corrected chi connectivity index (χ3v) is 6.17. The number of anilines is 1. The third kappa shape index (κ3) is 4.39. The van der Waals surface area contributed by atoms with Gasteiger partial charge in [0.15, 0.2) is 0 Å². The van der Waals surface area contributed by atoms with Crippen LogP contribution in [-0.4, -0.2) is 39.8 Å². The summed E-state index contributed by atoms with van der Waals surface area (Å²) in [6.07, 6.45) is -0.550. The van der Waals surface area contributed by atoms with E-state index in [1.807, 2.05) is 60.0 Å². The Morgan fingerprint density at radius 2 is 1.82 bits per heavy atom. The lowest BCUT2D eigenvalue weighted by molar-refractivity contribution is -0.117. The Hall–Kier alpha value is -3.71. The van der Waals surface area contributed by atoms with Gasteiger partial charge >= 0.3 is 0 Å². The average molecular weight is 460 g/mol. The largest absolute Gasteiger partial charge is 0.491 e. The van der Waals surface area contributed by atoms with Crippen LogP contribution in [0.1, 0.15) is 23.7 Å². The van der Waals surface area contributed by atoms with Crippen molar-refractivity contribution in [1.82, 2.24) is 9.55 Å². The van der Waals surface area contributed by atoms with Gasteiger partial charge in [0.1, 0.15) is 30.1 Å². The summed E-state index contributed by atoms with van der Waals surface area (Å²) >= 11 is 0. The molecule has 2 atom stereocenters. The van der Waals surface area contributed by atoms with E-state index in [1.54, 1.807) is 18.2 Å². The van der Waals surface area contributed by atoms with Gasteiger partial charge in [-0.25, -0.2) is 9.37 Å². The van der Waals surface area contributed by atoms with E-state index >= 15 is 0 Å². The summed E-state index contributed by atoms with van der Waals surface area (Å²) < 4.78 is 22.1. The number of amides is 1. The van der Waals surface area contributed by atoms with Gasteiger partial charge in [0.2, 0.25) is 5.91 Å². The second-order valence-corrected chi connectivity index (χ2v) is 8.70. The average Bonchev–Trinajstić information content (AvgIpc) is 3.39. The highest BCUT2D eigenvalue weighted by Crippen LogP contribution is 2.34. The number of imidazole rings is 1. The van der Waals surface area contributed by atoms with Gasteiger partial charge in [-0.2, -0.15) is 0 Å². The van der Waals surface area contributed by atoms with Crippen LogP contribution in [0.15, 0.2) is 72.8 Å². The first-order valence-corrected chi connectivity index (χ1v) is 11.4. The lowest BCUT2D eigenvalue weighted by Gasteiger charge is -2.19. The number of fused-ring (bicyclic) bond motifs is 1. The molecule has 0 saturated carbocycles. The van der Waals surface area contributed by atoms with Gasteiger partial charge in [0.05, 0.1) is 23.3 Å². The van der Waals surface area contributed by atoms with Crippen LogP contribution < -0.4 is 9.64 Å². The fourth-order valence-corrected chi connectivity index (χ4v) is 4.47. The predicted molar refractivity (Wildman–Crippen MR) is 129 cm³/mol. The van der Waals surface area contributed by atoms with E-state index in [1.165, 1.54) is 11.0 Å².